The summed E-state index contributed by atoms with van der Waals surface area (Å²) >= 11 is 5.96. The number of hydrogen-bond acceptors (Lipinski definition) is 1. The van der Waals surface area contributed by atoms with E-state index >= 15 is 0 Å². The van der Waals surface area contributed by atoms with E-state index in [0.717, 1.165) is 22.7 Å². The summed E-state index contributed by atoms with van der Waals surface area (Å²) in [5, 5.41) is 3.75. The van der Waals surface area contributed by atoms with Crippen molar-refractivity contribution in [3.8, 4) is 0 Å². The summed E-state index contributed by atoms with van der Waals surface area (Å²) < 4.78 is 0. The van der Waals surface area contributed by atoms with Gasteiger partial charge in [-0.15, -0.1) is 0 Å². The summed E-state index contributed by atoms with van der Waals surface area (Å²) in [5.41, 5.74) is 2.71. The quantitative estimate of drug-likeness (QED) is 0.845. The first-order valence-corrected chi connectivity index (χ1v) is 7.13. The molecule has 3 heteroatoms. The van der Waals surface area contributed by atoms with Crippen LogP contribution in [0.5, 0.6) is 0 Å². The Bertz CT molecular complexity index is 724. The van der Waals surface area contributed by atoms with E-state index in [-0.39, 0.29) is 11.3 Å². The summed E-state index contributed by atoms with van der Waals surface area (Å²) in [6, 6.07) is 15.9. The Morgan fingerprint density at radius 2 is 1.80 bits per heavy atom. The largest absolute Gasteiger partial charge is 0.325 e. The van der Waals surface area contributed by atoms with Gasteiger partial charge in [0.05, 0.1) is 5.41 Å². The Hall–Kier alpha value is -1.80. The van der Waals surface area contributed by atoms with Crippen molar-refractivity contribution in [3.63, 3.8) is 0 Å². The number of rotatable bonds is 1. The van der Waals surface area contributed by atoms with E-state index in [9.17, 15) is 4.79 Å². The van der Waals surface area contributed by atoms with Gasteiger partial charge in [-0.1, -0.05) is 48.9 Å². The zero-order valence-corrected chi connectivity index (χ0v) is 11.9. The van der Waals surface area contributed by atoms with E-state index < -0.39 is 5.41 Å². The molecule has 1 fully saturated rings. The molecule has 2 nitrogen and oxygen atoms in total. The van der Waals surface area contributed by atoms with Gasteiger partial charge in [0.1, 0.15) is 0 Å². The average molecular weight is 284 g/mol. The topological polar surface area (TPSA) is 29.1 Å². The highest BCUT2D eigenvalue weighted by atomic mass is 35.5. The van der Waals surface area contributed by atoms with E-state index in [1.54, 1.807) is 0 Å². The number of carbonyl (C=O) groups is 1. The summed E-state index contributed by atoms with van der Waals surface area (Å²) in [6.07, 6.45) is 0.852. The minimum atomic E-state index is -0.405. The number of amides is 1. The number of nitrogens with one attached hydrogen (secondary N) is 1. The minimum Gasteiger partial charge on any atom is -0.325 e. The highest BCUT2D eigenvalue weighted by Crippen LogP contribution is 2.68. The Morgan fingerprint density at radius 1 is 1.10 bits per heavy atom. The SMILES string of the molecule is C[C@]1(c2ccc(Cl)cc2)C[C@]12C(=O)Nc1ccccc12. The van der Waals surface area contributed by atoms with E-state index in [0.29, 0.717) is 0 Å². The molecule has 1 N–H and O–H groups in total. The highest BCUT2D eigenvalue weighted by molar-refractivity contribution is 6.30. The smallest absolute Gasteiger partial charge is 0.236 e. The maximum absolute atomic E-state index is 12.5. The van der Waals surface area contributed by atoms with Crippen LogP contribution in [-0.4, -0.2) is 5.91 Å². The predicted octanol–water partition coefficient (Wildman–Crippen LogP) is 3.89. The molecule has 2 atom stereocenters. The van der Waals surface area contributed by atoms with Gasteiger partial charge in [-0.25, -0.2) is 0 Å². The molecule has 1 aliphatic carbocycles. The van der Waals surface area contributed by atoms with Crippen LogP contribution in [-0.2, 0) is 15.6 Å². The first-order chi connectivity index (χ1) is 9.58. The zero-order chi connectivity index (χ0) is 14.0. The summed E-state index contributed by atoms with van der Waals surface area (Å²) in [4.78, 5) is 12.5. The number of halogens is 1. The fraction of sp³-hybridized carbons (Fsp3) is 0.235. The maximum atomic E-state index is 12.5. The molecular weight excluding hydrogens is 270 g/mol. The lowest BCUT2D eigenvalue weighted by Gasteiger charge is -2.17. The number of fused-ring (bicyclic) bond motifs is 2. The van der Waals surface area contributed by atoms with E-state index in [4.69, 9.17) is 11.6 Å². The van der Waals surface area contributed by atoms with Gasteiger partial charge in [-0.3, -0.25) is 4.79 Å². The highest BCUT2D eigenvalue weighted by Gasteiger charge is 2.73. The van der Waals surface area contributed by atoms with Crippen LogP contribution < -0.4 is 5.32 Å². The molecule has 0 bridgehead atoms. The van der Waals surface area contributed by atoms with Crippen molar-refractivity contribution >= 4 is 23.2 Å². The lowest BCUT2D eigenvalue weighted by Crippen LogP contribution is -2.27. The molecule has 4 rings (SSSR count). The molecule has 2 aromatic carbocycles. The number of carbonyl (C=O) groups excluding carboxylic acids is 1. The van der Waals surface area contributed by atoms with Crippen LogP contribution in [0, 0.1) is 0 Å². The van der Waals surface area contributed by atoms with Crippen molar-refractivity contribution in [2.24, 2.45) is 0 Å². The van der Waals surface area contributed by atoms with Crippen molar-refractivity contribution in [1.29, 1.82) is 0 Å². The fourth-order valence-corrected chi connectivity index (χ4v) is 3.82. The second-order valence-corrected chi connectivity index (χ2v) is 6.36. The van der Waals surface area contributed by atoms with E-state index in [1.807, 2.05) is 42.5 Å². The van der Waals surface area contributed by atoms with Crippen molar-refractivity contribution in [1.82, 2.24) is 0 Å². The molecule has 1 saturated carbocycles. The third kappa shape index (κ3) is 1.27. The van der Waals surface area contributed by atoms with Crippen LogP contribution in [0.4, 0.5) is 5.69 Å². The van der Waals surface area contributed by atoms with Gasteiger partial charge in [0.2, 0.25) is 5.91 Å². The van der Waals surface area contributed by atoms with Crippen molar-refractivity contribution in [2.45, 2.75) is 24.2 Å². The van der Waals surface area contributed by atoms with Gasteiger partial charge >= 0.3 is 0 Å². The molecular formula is C17H14ClNO. The van der Waals surface area contributed by atoms with Crippen LogP contribution in [0.15, 0.2) is 48.5 Å². The summed E-state index contributed by atoms with van der Waals surface area (Å²) in [7, 11) is 0. The van der Waals surface area contributed by atoms with E-state index in [1.165, 1.54) is 5.56 Å². The number of benzene rings is 2. The Kier molecular flexibility index (Phi) is 2.18. The molecule has 0 radical (unpaired) electrons. The predicted molar refractivity (Wildman–Crippen MR) is 80.2 cm³/mol. The van der Waals surface area contributed by atoms with Crippen molar-refractivity contribution < 1.29 is 4.79 Å². The van der Waals surface area contributed by atoms with E-state index in [2.05, 4.69) is 18.3 Å². The lowest BCUT2D eigenvalue weighted by molar-refractivity contribution is -0.118. The van der Waals surface area contributed by atoms with Crippen LogP contribution in [0.25, 0.3) is 0 Å². The molecule has 2 aromatic rings. The fourth-order valence-electron chi connectivity index (χ4n) is 3.69. The maximum Gasteiger partial charge on any atom is 0.236 e. The first-order valence-electron chi connectivity index (χ1n) is 6.75. The molecule has 1 aliphatic heterocycles. The van der Waals surface area contributed by atoms with Gasteiger partial charge in [0.25, 0.3) is 0 Å². The van der Waals surface area contributed by atoms with Gasteiger partial charge in [0.15, 0.2) is 0 Å². The molecule has 1 amide bonds. The molecule has 1 heterocycles. The van der Waals surface area contributed by atoms with Crippen LogP contribution in [0.3, 0.4) is 0 Å². The van der Waals surface area contributed by atoms with Crippen LogP contribution in [0.2, 0.25) is 5.02 Å². The van der Waals surface area contributed by atoms with Gasteiger partial charge < -0.3 is 5.32 Å². The molecule has 20 heavy (non-hydrogen) atoms. The summed E-state index contributed by atoms with van der Waals surface area (Å²) in [5.74, 6) is 0.121. The number of anilines is 1. The standard InChI is InChI=1S/C17H14ClNO/c1-16(11-6-8-12(18)9-7-11)10-17(16)13-4-2-3-5-14(13)19-15(17)20/h2-9H,10H2,1H3,(H,19,20)/t16-,17+/m1/s1. The summed E-state index contributed by atoms with van der Waals surface area (Å²) in [6.45, 7) is 2.16. The number of hydrogen-bond donors (Lipinski definition) is 1. The van der Waals surface area contributed by atoms with Crippen LogP contribution >= 0.6 is 11.6 Å². The Balaban J connectivity index is 1.85. The third-order valence-corrected chi connectivity index (χ3v) is 5.19. The lowest BCUT2D eigenvalue weighted by atomic mass is 9.83. The third-order valence-electron chi connectivity index (χ3n) is 4.94. The van der Waals surface area contributed by atoms with Gasteiger partial charge in [0, 0.05) is 16.1 Å². The molecule has 0 saturated heterocycles. The van der Waals surface area contributed by atoms with Gasteiger partial charge in [-0.05, 0) is 35.7 Å². The molecule has 1 spiro atoms. The first kappa shape index (κ1) is 12.0. The molecule has 2 aliphatic rings. The minimum absolute atomic E-state index is 0.121. The molecule has 0 aromatic heterocycles. The average Bonchev–Trinajstić information content (AvgIpc) is 2.99. The molecule has 100 valence electrons. The second-order valence-electron chi connectivity index (χ2n) is 5.92. The normalized spacial score (nSPS) is 30.2. The Labute approximate surface area is 122 Å². The Morgan fingerprint density at radius 3 is 2.55 bits per heavy atom. The monoisotopic (exact) mass is 283 g/mol. The van der Waals surface area contributed by atoms with Gasteiger partial charge in [-0.2, -0.15) is 0 Å². The zero-order valence-electron chi connectivity index (χ0n) is 11.1. The van der Waals surface area contributed by atoms with Crippen molar-refractivity contribution in [3.05, 3.63) is 64.7 Å². The second kappa shape index (κ2) is 3.64. The van der Waals surface area contributed by atoms with Crippen LogP contribution in [0.1, 0.15) is 24.5 Å². The van der Waals surface area contributed by atoms with Crippen molar-refractivity contribution in [2.75, 3.05) is 5.32 Å². The molecule has 0 unspecified atom stereocenters. The number of para-hydroxylation sites is 1.